The number of nitrogens with zero attached hydrogens (tertiary/aromatic N) is 5. The van der Waals surface area contributed by atoms with Gasteiger partial charge in [0.2, 0.25) is 0 Å². The average molecular weight is 720 g/mol. The van der Waals surface area contributed by atoms with Crippen LogP contribution in [0.25, 0.3) is 11.4 Å². The van der Waals surface area contributed by atoms with Crippen LogP contribution in [0, 0.1) is 5.82 Å². The molecule has 1 aliphatic carbocycles. The molecular formula is C34H29BrClFN6O4. The van der Waals surface area contributed by atoms with Crippen molar-refractivity contribution in [2.24, 2.45) is 0 Å². The van der Waals surface area contributed by atoms with Gasteiger partial charge in [0, 0.05) is 47.1 Å². The van der Waals surface area contributed by atoms with Gasteiger partial charge >= 0.3 is 5.69 Å². The summed E-state index contributed by atoms with van der Waals surface area (Å²) in [6.45, 7) is 1.82. The minimum Gasteiger partial charge on any atom is -0.490 e. The zero-order chi connectivity index (χ0) is 32.8. The van der Waals surface area contributed by atoms with E-state index in [-0.39, 0.29) is 48.9 Å². The summed E-state index contributed by atoms with van der Waals surface area (Å²) in [5, 5.41) is 7.44. The molecule has 0 radical (unpaired) electrons. The maximum atomic E-state index is 15.1. The van der Waals surface area contributed by atoms with Crippen molar-refractivity contribution in [2.75, 3.05) is 0 Å². The van der Waals surface area contributed by atoms with E-state index >= 15 is 4.39 Å². The Hall–Kier alpha value is -4.68. The lowest BCUT2D eigenvalue weighted by Gasteiger charge is -2.34. The number of hydrogen-bond acceptors (Lipinski definition) is 5. The Morgan fingerprint density at radius 1 is 1.11 bits per heavy atom. The number of rotatable bonds is 8. The summed E-state index contributed by atoms with van der Waals surface area (Å²) in [6, 6.07) is 17.9. The van der Waals surface area contributed by atoms with Gasteiger partial charge in [0.15, 0.2) is 0 Å². The first-order valence-electron chi connectivity index (χ1n) is 15.1. The van der Waals surface area contributed by atoms with Crippen LogP contribution in [0.2, 0.25) is 5.02 Å². The molecule has 0 unspecified atom stereocenters. The number of fused-ring (bicyclic) bond motifs is 1. The summed E-state index contributed by atoms with van der Waals surface area (Å²) in [6.07, 6.45) is 5.46. The predicted molar refractivity (Wildman–Crippen MR) is 177 cm³/mol. The topological polar surface area (TPSA) is 103 Å². The molecule has 2 amide bonds. The molecule has 5 aromatic rings. The summed E-state index contributed by atoms with van der Waals surface area (Å²) in [4.78, 5) is 43.6. The van der Waals surface area contributed by atoms with E-state index in [0.717, 1.165) is 12.8 Å². The highest BCUT2D eigenvalue weighted by molar-refractivity contribution is 9.10. The Labute approximate surface area is 282 Å². The number of imidazole rings is 1. The molecule has 2 aromatic heterocycles. The number of halogens is 3. The molecule has 10 nitrogen and oxygen atoms in total. The summed E-state index contributed by atoms with van der Waals surface area (Å²) in [7, 11) is 0. The van der Waals surface area contributed by atoms with Gasteiger partial charge in [0.25, 0.3) is 11.8 Å². The highest BCUT2D eigenvalue weighted by Crippen LogP contribution is 2.30. The van der Waals surface area contributed by atoms with Crippen LogP contribution >= 0.6 is 27.5 Å². The molecule has 1 atom stereocenters. The smallest absolute Gasteiger partial charge is 0.333 e. The quantitative estimate of drug-likeness (QED) is 0.215. The van der Waals surface area contributed by atoms with E-state index in [1.807, 2.05) is 6.92 Å². The van der Waals surface area contributed by atoms with Crippen molar-refractivity contribution in [1.82, 2.24) is 29.1 Å². The van der Waals surface area contributed by atoms with Gasteiger partial charge in [-0.3, -0.25) is 18.7 Å². The van der Waals surface area contributed by atoms with Crippen molar-refractivity contribution in [1.29, 1.82) is 0 Å². The van der Waals surface area contributed by atoms with Crippen LogP contribution in [-0.2, 0) is 19.6 Å². The van der Waals surface area contributed by atoms with Crippen molar-refractivity contribution in [3.8, 4) is 17.1 Å². The average Bonchev–Trinajstić information content (AvgIpc) is 3.61. The van der Waals surface area contributed by atoms with Gasteiger partial charge in [0.05, 0.1) is 34.7 Å². The fourth-order valence-electron chi connectivity index (χ4n) is 5.81. The fourth-order valence-corrected chi connectivity index (χ4v) is 6.24. The molecule has 7 rings (SSSR count). The van der Waals surface area contributed by atoms with Gasteiger partial charge in [-0.15, -0.1) is 0 Å². The van der Waals surface area contributed by atoms with E-state index < -0.39 is 17.4 Å². The number of aromatic nitrogens is 4. The van der Waals surface area contributed by atoms with Crippen molar-refractivity contribution in [3.05, 3.63) is 127 Å². The molecule has 0 saturated heterocycles. The number of benzene rings is 3. The van der Waals surface area contributed by atoms with E-state index in [2.05, 4.69) is 26.3 Å². The lowest BCUT2D eigenvalue weighted by atomic mass is 10.1. The number of carbonyl (C=O) groups excluding carboxylic acids is 2. The van der Waals surface area contributed by atoms with E-state index in [4.69, 9.17) is 16.3 Å². The molecule has 1 N–H and O–H groups in total. The van der Waals surface area contributed by atoms with E-state index in [1.165, 1.54) is 19.9 Å². The van der Waals surface area contributed by atoms with E-state index in [1.54, 1.807) is 78.0 Å². The Morgan fingerprint density at radius 2 is 1.89 bits per heavy atom. The van der Waals surface area contributed by atoms with Gasteiger partial charge in [-0.1, -0.05) is 17.7 Å². The lowest BCUT2D eigenvalue weighted by Crippen LogP contribution is -2.47. The fraction of sp³-hybridized carbons (Fsp3) is 0.235. The summed E-state index contributed by atoms with van der Waals surface area (Å²) in [5.41, 5.74) is 1.53. The molecule has 240 valence electrons. The normalized spacial score (nSPS) is 15.7. The number of carbonyl (C=O) groups is 2. The number of nitrogens with one attached hydrogen (secondary N) is 1. The minimum absolute atomic E-state index is 0.0141. The highest BCUT2D eigenvalue weighted by Gasteiger charge is 2.35. The second-order valence-electron chi connectivity index (χ2n) is 11.6. The first-order chi connectivity index (χ1) is 22.7. The first-order valence-corrected chi connectivity index (χ1v) is 16.3. The Bertz CT molecular complexity index is 2060. The predicted octanol–water partition coefficient (Wildman–Crippen LogP) is 5.90. The molecule has 3 aromatic carbocycles. The second kappa shape index (κ2) is 12.5. The summed E-state index contributed by atoms with van der Waals surface area (Å²) < 4.78 is 26.1. The van der Waals surface area contributed by atoms with Crippen LogP contribution in [0.1, 0.15) is 51.9 Å². The van der Waals surface area contributed by atoms with Crippen molar-refractivity contribution in [3.63, 3.8) is 0 Å². The number of ether oxygens (including phenoxy) is 1. The maximum Gasteiger partial charge on any atom is 0.333 e. The van der Waals surface area contributed by atoms with Crippen molar-refractivity contribution >= 4 is 39.3 Å². The third kappa shape index (κ3) is 5.98. The Morgan fingerprint density at radius 3 is 2.60 bits per heavy atom. The summed E-state index contributed by atoms with van der Waals surface area (Å²) in [5.74, 6) is -0.734. The monoisotopic (exact) mass is 718 g/mol. The number of hydrogen-bond donors (Lipinski definition) is 1. The zero-order valence-electron chi connectivity index (χ0n) is 25.2. The van der Waals surface area contributed by atoms with Gasteiger partial charge in [-0.2, -0.15) is 5.10 Å². The van der Waals surface area contributed by atoms with E-state index in [0.29, 0.717) is 37.9 Å². The minimum atomic E-state index is -0.600. The Kier molecular flexibility index (Phi) is 8.23. The van der Waals surface area contributed by atoms with Crippen LogP contribution in [0.5, 0.6) is 5.75 Å². The van der Waals surface area contributed by atoms with Gasteiger partial charge < -0.3 is 15.0 Å². The van der Waals surface area contributed by atoms with Gasteiger partial charge in [-0.25, -0.2) is 13.9 Å². The standard InChI is InChI=1S/C34H29BrClFN6O4/c1-20-18-41-30(19-40(20)33(45)21-6-13-26(35)27(36)16-21)31(43(34(41)46)22-7-9-23(10-8-22)47-24-11-12-24)32(44)38-17-25-28(37)4-2-5-29(25)42-15-3-14-39-42/h2-10,13-16,20,24H,11-12,17-19H2,1H3,(H,38,44)/t20-/m1/s1. The SMILES string of the molecule is C[C@@H]1Cn2c(c(C(=O)NCc3c(F)cccc3-n3cccn3)n(-c3ccc(OC4CC4)cc3)c2=O)CN1C(=O)c1ccc(Br)c(Cl)c1. The van der Waals surface area contributed by atoms with Crippen LogP contribution in [-0.4, -0.2) is 47.8 Å². The zero-order valence-corrected chi connectivity index (χ0v) is 27.5. The maximum absolute atomic E-state index is 15.1. The van der Waals surface area contributed by atoms with Crippen LogP contribution in [0.15, 0.2) is 88.4 Å². The molecule has 1 fully saturated rings. The largest absolute Gasteiger partial charge is 0.490 e. The third-order valence-corrected chi connectivity index (χ3v) is 9.61. The molecular weight excluding hydrogens is 691 g/mol. The molecule has 0 bridgehead atoms. The molecule has 47 heavy (non-hydrogen) atoms. The second-order valence-corrected chi connectivity index (χ2v) is 12.9. The van der Waals surface area contributed by atoms with Gasteiger partial charge in [-0.05, 0) is 96.4 Å². The molecule has 13 heteroatoms. The molecule has 1 aliphatic heterocycles. The van der Waals surface area contributed by atoms with Crippen LogP contribution in [0.4, 0.5) is 4.39 Å². The van der Waals surface area contributed by atoms with Crippen molar-refractivity contribution in [2.45, 2.75) is 51.5 Å². The first kappa shape index (κ1) is 30.9. The van der Waals surface area contributed by atoms with Crippen LogP contribution in [0.3, 0.4) is 0 Å². The lowest BCUT2D eigenvalue weighted by molar-refractivity contribution is 0.0610. The Balaban J connectivity index is 1.27. The van der Waals surface area contributed by atoms with Gasteiger partial charge in [0.1, 0.15) is 17.3 Å². The van der Waals surface area contributed by atoms with Crippen LogP contribution < -0.4 is 15.7 Å². The van der Waals surface area contributed by atoms with E-state index in [9.17, 15) is 14.4 Å². The molecule has 2 aliphatic rings. The molecule has 1 saturated carbocycles. The van der Waals surface area contributed by atoms with Crippen molar-refractivity contribution < 1.29 is 18.7 Å². The molecule has 0 spiro atoms. The highest BCUT2D eigenvalue weighted by atomic mass is 79.9. The third-order valence-electron chi connectivity index (χ3n) is 8.38. The number of amides is 2. The summed E-state index contributed by atoms with van der Waals surface area (Å²) >= 11 is 9.65. The molecule has 3 heterocycles.